The van der Waals surface area contributed by atoms with Crippen molar-refractivity contribution in [2.24, 2.45) is 0 Å². The van der Waals surface area contributed by atoms with Gasteiger partial charge in [0, 0.05) is 28.8 Å². The zero-order valence-corrected chi connectivity index (χ0v) is 22.3. The fourth-order valence-electron chi connectivity index (χ4n) is 3.70. The van der Waals surface area contributed by atoms with E-state index >= 15 is 0 Å². The summed E-state index contributed by atoms with van der Waals surface area (Å²) in [7, 11) is 0. The highest BCUT2D eigenvalue weighted by Crippen LogP contribution is 2.33. The third-order valence-corrected chi connectivity index (χ3v) is 7.98. The lowest BCUT2D eigenvalue weighted by Gasteiger charge is -2.06. The Morgan fingerprint density at radius 2 is 1.61 bits per heavy atom. The van der Waals surface area contributed by atoms with Crippen molar-refractivity contribution in [1.82, 2.24) is 4.98 Å². The number of aryl methyl sites for hydroxylation is 1. The van der Waals surface area contributed by atoms with Crippen LogP contribution in [-0.2, 0) is 10.5 Å². The second-order valence-corrected chi connectivity index (χ2v) is 11.0. The van der Waals surface area contributed by atoms with E-state index in [2.05, 4.69) is 10.6 Å². The van der Waals surface area contributed by atoms with Gasteiger partial charge in [0.25, 0.3) is 5.91 Å². The number of anilines is 2. The van der Waals surface area contributed by atoms with Gasteiger partial charge in [-0.15, -0.1) is 11.3 Å². The second kappa shape index (κ2) is 11.9. The highest BCUT2D eigenvalue weighted by Gasteiger charge is 2.09. The molecule has 5 aromatic rings. The molecule has 0 atom stereocenters. The van der Waals surface area contributed by atoms with E-state index in [1.54, 1.807) is 29.2 Å². The molecule has 0 radical (unpaired) electrons. The topological polar surface area (TPSA) is 71.1 Å². The molecule has 0 bridgehead atoms. The molecule has 0 aliphatic heterocycles. The van der Waals surface area contributed by atoms with Crippen molar-refractivity contribution in [3.8, 4) is 0 Å². The molecule has 0 aliphatic carbocycles. The first kappa shape index (κ1) is 25.4. The molecule has 0 spiro atoms. The molecule has 1 aromatic heterocycles. The predicted octanol–water partition coefficient (Wildman–Crippen LogP) is 7.80. The Bertz CT molecular complexity index is 1590. The molecule has 2 N–H and O–H groups in total. The quantitative estimate of drug-likeness (QED) is 0.157. The van der Waals surface area contributed by atoms with Gasteiger partial charge in [-0.1, -0.05) is 71.9 Å². The fraction of sp³-hybridized carbons (Fsp3) is 0.0645. The summed E-state index contributed by atoms with van der Waals surface area (Å²) in [6.07, 6.45) is 3.32. The van der Waals surface area contributed by atoms with Gasteiger partial charge in [0.1, 0.15) is 0 Å². The molecular weight excluding hydrogens is 510 g/mol. The molecular formula is C31H25N3O2S2. The number of rotatable bonds is 8. The number of amides is 2. The van der Waals surface area contributed by atoms with Crippen molar-refractivity contribution in [2.75, 3.05) is 10.6 Å². The summed E-state index contributed by atoms with van der Waals surface area (Å²) < 4.78 is 1.97. The lowest BCUT2D eigenvalue weighted by atomic mass is 10.1. The van der Waals surface area contributed by atoms with E-state index in [4.69, 9.17) is 4.98 Å². The van der Waals surface area contributed by atoms with Gasteiger partial charge in [-0.25, -0.2) is 4.98 Å². The van der Waals surface area contributed by atoms with Crippen LogP contribution in [0.1, 0.15) is 27.0 Å². The van der Waals surface area contributed by atoms with Crippen LogP contribution in [-0.4, -0.2) is 16.8 Å². The van der Waals surface area contributed by atoms with Gasteiger partial charge in [-0.2, -0.15) is 0 Å². The molecule has 0 saturated carbocycles. The van der Waals surface area contributed by atoms with E-state index < -0.39 is 0 Å². The molecule has 2 amide bonds. The summed E-state index contributed by atoms with van der Waals surface area (Å²) in [5.41, 5.74) is 6.27. The van der Waals surface area contributed by atoms with Gasteiger partial charge in [0.2, 0.25) is 5.91 Å². The maximum atomic E-state index is 12.5. The van der Waals surface area contributed by atoms with Crippen LogP contribution in [0.15, 0.2) is 107 Å². The summed E-state index contributed by atoms with van der Waals surface area (Å²) >= 11 is 3.25. The molecule has 0 aliphatic rings. The van der Waals surface area contributed by atoms with Crippen molar-refractivity contribution in [1.29, 1.82) is 0 Å². The van der Waals surface area contributed by atoms with Gasteiger partial charge < -0.3 is 10.6 Å². The maximum absolute atomic E-state index is 12.5. The average Bonchev–Trinajstić information content (AvgIpc) is 3.35. The number of thiazole rings is 1. The standard InChI is InChI=1S/C31H25N3O2S2/c1-21-7-14-25(15-8-21)33-30(36)24-12-9-23(10-13-24)20-37-31-34-27-17-16-26(19-28(27)38-31)32-29(35)18-11-22-5-3-2-4-6-22/h2-19H,20H2,1H3,(H,32,35)(H,33,36)/b18-11+. The van der Waals surface area contributed by atoms with E-state index in [0.717, 1.165) is 48.4 Å². The molecule has 0 unspecified atom stereocenters. The Hall–Kier alpha value is -4.20. The van der Waals surface area contributed by atoms with Gasteiger partial charge in [0.15, 0.2) is 4.34 Å². The van der Waals surface area contributed by atoms with Crippen LogP contribution < -0.4 is 10.6 Å². The van der Waals surface area contributed by atoms with Crippen LogP contribution in [0.4, 0.5) is 11.4 Å². The molecule has 0 saturated heterocycles. The number of hydrogen-bond donors (Lipinski definition) is 2. The van der Waals surface area contributed by atoms with Gasteiger partial charge in [-0.05, 0) is 66.6 Å². The zero-order valence-electron chi connectivity index (χ0n) is 20.7. The minimum absolute atomic E-state index is 0.127. The fourth-order valence-corrected chi connectivity index (χ4v) is 5.76. The summed E-state index contributed by atoms with van der Waals surface area (Å²) in [4.78, 5) is 29.6. The first-order valence-corrected chi connectivity index (χ1v) is 13.9. The summed E-state index contributed by atoms with van der Waals surface area (Å²) in [5, 5.41) is 5.84. The molecule has 5 rings (SSSR count). The highest BCUT2D eigenvalue weighted by atomic mass is 32.2. The van der Waals surface area contributed by atoms with E-state index in [1.807, 2.05) is 104 Å². The van der Waals surface area contributed by atoms with Crippen molar-refractivity contribution in [3.63, 3.8) is 0 Å². The Morgan fingerprint density at radius 1 is 0.868 bits per heavy atom. The van der Waals surface area contributed by atoms with E-state index in [0.29, 0.717) is 5.56 Å². The number of aromatic nitrogens is 1. The van der Waals surface area contributed by atoms with Crippen LogP contribution in [0.5, 0.6) is 0 Å². The number of carbonyl (C=O) groups excluding carboxylic acids is 2. The first-order chi connectivity index (χ1) is 18.5. The van der Waals surface area contributed by atoms with Gasteiger partial charge >= 0.3 is 0 Å². The number of thioether (sulfide) groups is 1. The van der Waals surface area contributed by atoms with Crippen molar-refractivity contribution in [3.05, 3.63) is 125 Å². The van der Waals surface area contributed by atoms with Crippen LogP contribution in [0, 0.1) is 6.92 Å². The average molecular weight is 536 g/mol. The first-order valence-electron chi connectivity index (χ1n) is 12.1. The van der Waals surface area contributed by atoms with Crippen molar-refractivity contribution >= 4 is 62.6 Å². The number of nitrogens with zero attached hydrogens (tertiary/aromatic N) is 1. The van der Waals surface area contributed by atoms with Crippen molar-refractivity contribution in [2.45, 2.75) is 17.0 Å². The van der Waals surface area contributed by atoms with Gasteiger partial charge in [-0.3, -0.25) is 9.59 Å². The molecule has 1 heterocycles. The Labute approximate surface area is 229 Å². The Kier molecular flexibility index (Phi) is 7.97. The number of hydrogen-bond acceptors (Lipinski definition) is 5. The SMILES string of the molecule is Cc1ccc(NC(=O)c2ccc(CSc3nc4ccc(NC(=O)/C=C/c5ccccc5)cc4s3)cc2)cc1. The Balaban J connectivity index is 1.16. The number of nitrogens with one attached hydrogen (secondary N) is 2. The van der Waals surface area contributed by atoms with Gasteiger partial charge in [0.05, 0.1) is 10.2 Å². The lowest BCUT2D eigenvalue weighted by Crippen LogP contribution is -2.11. The van der Waals surface area contributed by atoms with Crippen LogP contribution in [0.2, 0.25) is 0 Å². The third-order valence-electron chi connectivity index (χ3n) is 5.75. The maximum Gasteiger partial charge on any atom is 0.255 e. The largest absolute Gasteiger partial charge is 0.322 e. The second-order valence-electron chi connectivity index (χ2n) is 8.70. The smallest absolute Gasteiger partial charge is 0.255 e. The van der Waals surface area contributed by atoms with Crippen LogP contribution >= 0.6 is 23.1 Å². The monoisotopic (exact) mass is 535 g/mol. The molecule has 38 heavy (non-hydrogen) atoms. The van der Waals surface area contributed by atoms with Crippen LogP contribution in [0.3, 0.4) is 0 Å². The third kappa shape index (κ3) is 6.76. The number of fused-ring (bicyclic) bond motifs is 1. The molecule has 188 valence electrons. The van der Waals surface area contributed by atoms with E-state index in [-0.39, 0.29) is 11.8 Å². The summed E-state index contributed by atoms with van der Waals surface area (Å²) in [5.74, 6) is 0.439. The molecule has 4 aromatic carbocycles. The number of carbonyl (C=O) groups is 2. The molecule has 0 fully saturated rings. The summed E-state index contributed by atoms with van der Waals surface area (Å²) in [6.45, 7) is 2.01. The molecule has 7 heteroatoms. The Morgan fingerprint density at radius 3 is 2.37 bits per heavy atom. The normalized spacial score (nSPS) is 11.1. The molecule has 5 nitrogen and oxygen atoms in total. The predicted molar refractivity (Wildman–Crippen MR) is 159 cm³/mol. The minimum atomic E-state index is -0.177. The van der Waals surface area contributed by atoms with Crippen LogP contribution in [0.25, 0.3) is 16.3 Å². The van der Waals surface area contributed by atoms with E-state index in [9.17, 15) is 9.59 Å². The highest BCUT2D eigenvalue weighted by molar-refractivity contribution is 8.00. The summed E-state index contributed by atoms with van der Waals surface area (Å²) in [6, 6.07) is 30.8. The number of benzene rings is 4. The minimum Gasteiger partial charge on any atom is -0.322 e. The zero-order chi connectivity index (χ0) is 26.3. The van der Waals surface area contributed by atoms with E-state index in [1.165, 1.54) is 6.08 Å². The lowest BCUT2D eigenvalue weighted by molar-refractivity contribution is -0.111. The van der Waals surface area contributed by atoms with Crippen molar-refractivity contribution < 1.29 is 9.59 Å².